The number of aryl methyl sites for hydroxylation is 1. The molecule has 1 aliphatic heterocycles. The summed E-state index contributed by atoms with van der Waals surface area (Å²) in [5.74, 6) is 2.53. The standard InChI is InChI=1S/C28H32N7OP/c1-35-15-19-7-4-6-18-12-22(26(17-10-11-17)21(16-35)25(18)19)31-28-30-14-20(13-29)27(34-28)33-23-8-5-9-24(32-23)37(2,3)36/h5,8-9,12,14,17,19H,4,6-7,10-11,15-16H2,1-3H3,(H2,30,31,32,33,34). The van der Waals surface area contributed by atoms with Gasteiger partial charge in [-0.15, -0.1) is 0 Å². The zero-order valence-corrected chi connectivity index (χ0v) is 22.5. The highest BCUT2D eigenvalue weighted by molar-refractivity contribution is 7.69. The van der Waals surface area contributed by atoms with Gasteiger partial charge >= 0.3 is 0 Å². The summed E-state index contributed by atoms with van der Waals surface area (Å²) in [5.41, 5.74) is 7.96. The minimum Gasteiger partial charge on any atom is -0.324 e. The summed E-state index contributed by atoms with van der Waals surface area (Å²) in [4.78, 5) is 16.1. The van der Waals surface area contributed by atoms with Crippen molar-refractivity contribution in [2.45, 2.75) is 50.5 Å². The molecule has 1 unspecified atom stereocenters. The molecule has 190 valence electrons. The number of pyridine rings is 1. The molecule has 2 aliphatic carbocycles. The first-order chi connectivity index (χ1) is 17.8. The summed E-state index contributed by atoms with van der Waals surface area (Å²) < 4.78 is 12.5. The third kappa shape index (κ3) is 4.74. The van der Waals surface area contributed by atoms with E-state index in [9.17, 15) is 9.83 Å². The molecule has 1 saturated carbocycles. The minimum absolute atomic E-state index is 0.321. The second kappa shape index (κ2) is 9.24. The molecule has 3 aliphatic rings. The van der Waals surface area contributed by atoms with E-state index < -0.39 is 7.14 Å². The maximum atomic E-state index is 12.5. The lowest BCUT2D eigenvalue weighted by molar-refractivity contribution is 0.265. The van der Waals surface area contributed by atoms with E-state index in [0.29, 0.717) is 40.4 Å². The SMILES string of the molecule is CN1Cc2c3c(cc(Nc4ncc(C#N)c(Nc5cccc(P(C)(C)=O)n5)n4)c2C2CC2)CCCC3C1. The fourth-order valence-electron chi connectivity index (χ4n) is 5.89. The highest BCUT2D eigenvalue weighted by Gasteiger charge is 2.36. The Morgan fingerprint density at radius 2 is 1.95 bits per heavy atom. The smallest absolute Gasteiger partial charge is 0.229 e. The van der Waals surface area contributed by atoms with Gasteiger partial charge in [0.15, 0.2) is 5.82 Å². The van der Waals surface area contributed by atoms with Crippen LogP contribution < -0.4 is 16.1 Å². The van der Waals surface area contributed by atoms with Crippen LogP contribution in [-0.4, -0.2) is 46.8 Å². The summed E-state index contributed by atoms with van der Waals surface area (Å²) in [6.07, 6.45) is 7.59. The molecular formula is C28H32N7OP. The van der Waals surface area contributed by atoms with E-state index in [1.165, 1.54) is 48.6 Å². The number of nitrogens with one attached hydrogen (secondary N) is 2. The predicted molar refractivity (Wildman–Crippen MR) is 147 cm³/mol. The molecule has 2 aromatic heterocycles. The van der Waals surface area contributed by atoms with Crippen LogP contribution in [0.4, 0.5) is 23.3 Å². The van der Waals surface area contributed by atoms with Gasteiger partial charge in [0.2, 0.25) is 5.95 Å². The topological polar surface area (TPSA) is 107 Å². The van der Waals surface area contributed by atoms with Crippen LogP contribution in [0.2, 0.25) is 0 Å². The molecule has 1 atom stereocenters. The van der Waals surface area contributed by atoms with Gasteiger partial charge in [-0.25, -0.2) is 9.97 Å². The molecule has 1 aromatic carbocycles. The minimum atomic E-state index is -2.52. The van der Waals surface area contributed by atoms with E-state index in [1.54, 1.807) is 31.0 Å². The number of nitrogens with zero attached hydrogens (tertiary/aromatic N) is 5. The molecule has 2 N–H and O–H groups in total. The Bertz CT molecular complexity index is 1470. The third-order valence-corrected chi connectivity index (χ3v) is 9.00. The number of benzene rings is 1. The maximum Gasteiger partial charge on any atom is 0.229 e. The zero-order chi connectivity index (χ0) is 25.7. The number of hydrogen-bond donors (Lipinski definition) is 2. The Kier molecular flexibility index (Phi) is 6.01. The van der Waals surface area contributed by atoms with Gasteiger partial charge < -0.3 is 20.1 Å². The van der Waals surface area contributed by atoms with Crippen molar-refractivity contribution in [3.05, 3.63) is 58.3 Å². The van der Waals surface area contributed by atoms with E-state index in [4.69, 9.17) is 0 Å². The molecule has 0 radical (unpaired) electrons. The number of anilines is 4. The zero-order valence-electron chi connectivity index (χ0n) is 21.6. The number of rotatable bonds is 6. The lowest BCUT2D eigenvalue weighted by atomic mass is 9.75. The first-order valence-electron chi connectivity index (χ1n) is 13.0. The van der Waals surface area contributed by atoms with Crippen molar-refractivity contribution in [2.24, 2.45) is 0 Å². The highest BCUT2D eigenvalue weighted by atomic mass is 31.2. The van der Waals surface area contributed by atoms with Crippen LogP contribution in [0.25, 0.3) is 0 Å². The Balaban J connectivity index is 1.37. The van der Waals surface area contributed by atoms with Crippen molar-refractivity contribution in [1.29, 1.82) is 5.26 Å². The predicted octanol–water partition coefficient (Wildman–Crippen LogP) is 5.22. The lowest BCUT2D eigenvalue weighted by Crippen LogP contribution is -2.34. The highest BCUT2D eigenvalue weighted by Crippen LogP contribution is 2.51. The van der Waals surface area contributed by atoms with Gasteiger partial charge in [0.25, 0.3) is 0 Å². The molecule has 37 heavy (non-hydrogen) atoms. The number of nitriles is 1. The summed E-state index contributed by atoms with van der Waals surface area (Å²) in [6, 6.07) is 9.85. The summed E-state index contributed by atoms with van der Waals surface area (Å²) in [5, 5.41) is 16.4. The number of likely N-dealkylation sites (N-methyl/N-ethyl adjacent to an activating group) is 1. The van der Waals surface area contributed by atoms with Crippen molar-refractivity contribution in [1.82, 2.24) is 19.9 Å². The molecule has 9 heteroatoms. The van der Waals surface area contributed by atoms with Gasteiger partial charge in [-0.2, -0.15) is 10.2 Å². The Morgan fingerprint density at radius 1 is 1.11 bits per heavy atom. The second-order valence-corrected chi connectivity index (χ2v) is 14.2. The molecule has 1 fully saturated rings. The van der Waals surface area contributed by atoms with Gasteiger partial charge in [0, 0.05) is 18.8 Å². The lowest BCUT2D eigenvalue weighted by Gasteiger charge is -2.39. The molecule has 0 spiro atoms. The molecule has 3 heterocycles. The van der Waals surface area contributed by atoms with Crippen molar-refractivity contribution in [2.75, 3.05) is 37.6 Å². The molecule has 6 rings (SSSR count). The Hall–Kier alpha value is -3.27. The summed E-state index contributed by atoms with van der Waals surface area (Å²) in [6.45, 7) is 5.51. The Labute approximate surface area is 217 Å². The average molecular weight is 514 g/mol. The summed E-state index contributed by atoms with van der Waals surface area (Å²) >= 11 is 0. The van der Waals surface area contributed by atoms with Crippen LogP contribution in [0.3, 0.4) is 0 Å². The number of hydrogen-bond acceptors (Lipinski definition) is 8. The van der Waals surface area contributed by atoms with Crippen LogP contribution in [0.15, 0.2) is 30.5 Å². The fraction of sp³-hybridized carbons (Fsp3) is 0.429. The van der Waals surface area contributed by atoms with E-state index >= 15 is 0 Å². The van der Waals surface area contributed by atoms with Crippen LogP contribution >= 0.6 is 7.14 Å². The summed E-state index contributed by atoms with van der Waals surface area (Å²) in [7, 11) is -0.289. The molecule has 0 bridgehead atoms. The quantitative estimate of drug-likeness (QED) is 0.432. The monoisotopic (exact) mass is 513 g/mol. The Morgan fingerprint density at radius 3 is 2.70 bits per heavy atom. The molecule has 0 saturated heterocycles. The first-order valence-corrected chi connectivity index (χ1v) is 15.6. The van der Waals surface area contributed by atoms with Crippen LogP contribution in [0.1, 0.15) is 65.3 Å². The van der Waals surface area contributed by atoms with Gasteiger partial charge in [-0.05, 0) is 105 Å². The number of aromatic nitrogens is 3. The normalized spacial score (nSPS) is 19.1. The van der Waals surface area contributed by atoms with Crippen LogP contribution in [-0.2, 0) is 17.5 Å². The van der Waals surface area contributed by atoms with Gasteiger partial charge in [0.05, 0.1) is 6.20 Å². The molecular weight excluding hydrogens is 481 g/mol. The average Bonchev–Trinajstić information content (AvgIpc) is 3.69. The van der Waals surface area contributed by atoms with E-state index in [1.807, 2.05) is 6.07 Å². The van der Waals surface area contributed by atoms with Crippen molar-refractivity contribution >= 4 is 35.8 Å². The van der Waals surface area contributed by atoms with E-state index in [0.717, 1.165) is 25.2 Å². The second-order valence-electron chi connectivity index (χ2n) is 11.0. The van der Waals surface area contributed by atoms with Crippen LogP contribution in [0, 0.1) is 11.3 Å². The maximum absolute atomic E-state index is 12.5. The van der Waals surface area contributed by atoms with Crippen molar-refractivity contribution < 1.29 is 4.57 Å². The van der Waals surface area contributed by atoms with Gasteiger partial charge in [-0.3, -0.25) is 0 Å². The first kappa shape index (κ1) is 24.1. The molecule has 8 nitrogen and oxygen atoms in total. The molecule has 3 aromatic rings. The van der Waals surface area contributed by atoms with Crippen molar-refractivity contribution in [3.63, 3.8) is 0 Å². The van der Waals surface area contributed by atoms with Gasteiger partial charge in [-0.1, -0.05) is 6.07 Å². The van der Waals surface area contributed by atoms with E-state index in [-0.39, 0.29) is 0 Å². The largest absolute Gasteiger partial charge is 0.324 e. The van der Waals surface area contributed by atoms with Gasteiger partial charge in [0.1, 0.15) is 30.0 Å². The third-order valence-electron chi connectivity index (χ3n) is 7.65. The van der Waals surface area contributed by atoms with Crippen molar-refractivity contribution in [3.8, 4) is 6.07 Å². The fourth-order valence-corrected chi connectivity index (χ4v) is 6.68. The van der Waals surface area contributed by atoms with E-state index in [2.05, 4.69) is 49.7 Å². The molecule has 0 amide bonds. The van der Waals surface area contributed by atoms with Crippen LogP contribution in [0.5, 0.6) is 0 Å².